The number of alkyl halides is 10. The van der Waals surface area contributed by atoms with Crippen LogP contribution >= 0.6 is 8.07 Å². The molecule has 0 N–H and O–H groups in total. The van der Waals surface area contributed by atoms with Crippen LogP contribution in [0.3, 0.4) is 0 Å². The molecule has 0 bridgehead atoms. The standard InChI is InChI=1S/C8H8F10NP/c9-5(10,11)7(15,16)20(19-3-1-2-4-19)8(17,18)6(12,13)14/h1-4H2. The molecule has 0 spiro atoms. The third-order valence-corrected chi connectivity index (χ3v) is 5.12. The van der Waals surface area contributed by atoms with Gasteiger partial charge in [-0.1, -0.05) is 0 Å². The highest BCUT2D eigenvalue weighted by Crippen LogP contribution is 2.73. The second-order valence-corrected chi connectivity index (χ2v) is 6.36. The van der Waals surface area contributed by atoms with Crippen LogP contribution in [0.2, 0.25) is 0 Å². The van der Waals surface area contributed by atoms with Crippen molar-refractivity contribution in [3.63, 3.8) is 0 Å². The number of halogens is 10. The minimum absolute atomic E-state index is 0.0132. The van der Waals surface area contributed by atoms with E-state index in [9.17, 15) is 43.9 Å². The first-order chi connectivity index (χ1) is 8.73. The summed E-state index contributed by atoms with van der Waals surface area (Å²) < 4.78 is 126. The van der Waals surface area contributed by atoms with Gasteiger partial charge in [0.1, 0.15) is 8.07 Å². The molecule has 0 unspecified atom stereocenters. The van der Waals surface area contributed by atoms with E-state index < -0.39 is 44.8 Å². The van der Waals surface area contributed by atoms with E-state index in [2.05, 4.69) is 0 Å². The molecule has 0 aromatic heterocycles. The van der Waals surface area contributed by atoms with E-state index in [1.54, 1.807) is 0 Å². The lowest BCUT2D eigenvalue weighted by molar-refractivity contribution is -0.264. The molecule has 0 aromatic rings. The third kappa shape index (κ3) is 2.98. The maximum atomic E-state index is 13.2. The van der Waals surface area contributed by atoms with Crippen molar-refractivity contribution < 1.29 is 43.9 Å². The number of hydrogen-bond donors (Lipinski definition) is 0. The Bertz CT molecular complexity index is 316. The lowest BCUT2D eigenvalue weighted by Crippen LogP contribution is -2.49. The van der Waals surface area contributed by atoms with Gasteiger partial charge in [0.05, 0.1) is 0 Å². The molecular formula is C8H8F10NP. The van der Waals surface area contributed by atoms with Gasteiger partial charge < -0.3 is 0 Å². The molecule has 0 radical (unpaired) electrons. The summed E-state index contributed by atoms with van der Waals surface area (Å²) >= 11 is 0. The molecule has 1 saturated heterocycles. The summed E-state index contributed by atoms with van der Waals surface area (Å²) in [6, 6.07) is 0. The van der Waals surface area contributed by atoms with Gasteiger partial charge in [-0.25, -0.2) is 0 Å². The fourth-order valence-electron chi connectivity index (χ4n) is 1.67. The average Bonchev–Trinajstić information content (AvgIpc) is 2.66. The van der Waals surface area contributed by atoms with Gasteiger partial charge in [-0.3, -0.25) is 4.67 Å². The third-order valence-electron chi connectivity index (χ3n) is 2.58. The van der Waals surface area contributed by atoms with Crippen molar-refractivity contribution in [2.24, 2.45) is 0 Å². The second-order valence-electron chi connectivity index (χ2n) is 4.05. The molecule has 0 atom stereocenters. The summed E-state index contributed by atoms with van der Waals surface area (Å²) in [4.78, 5) is 0. The fourth-order valence-corrected chi connectivity index (χ4v) is 3.90. The average molecular weight is 339 g/mol. The van der Waals surface area contributed by atoms with E-state index in [0.29, 0.717) is 0 Å². The molecule has 0 aliphatic carbocycles. The first-order valence-corrected chi connectivity index (χ1v) is 6.46. The van der Waals surface area contributed by atoms with Crippen LogP contribution in [0, 0.1) is 0 Å². The lowest BCUT2D eigenvalue weighted by Gasteiger charge is -2.39. The van der Waals surface area contributed by atoms with Crippen molar-refractivity contribution in [2.75, 3.05) is 13.1 Å². The summed E-state index contributed by atoms with van der Waals surface area (Å²) in [5.74, 6) is 0. The zero-order chi connectivity index (χ0) is 16.0. The minimum Gasteiger partial charge on any atom is -0.272 e. The summed E-state index contributed by atoms with van der Waals surface area (Å²) in [6.07, 6.45) is -13.0. The topological polar surface area (TPSA) is 3.24 Å². The highest BCUT2D eigenvalue weighted by Gasteiger charge is 2.77. The molecule has 12 heteroatoms. The number of rotatable bonds is 3. The van der Waals surface area contributed by atoms with Gasteiger partial charge in [-0.05, 0) is 12.8 Å². The fraction of sp³-hybridized carbons (Fsp3) is 1.00. The molecule has 1 aliphatic rings. The molecule has 20 heavy (non-hydrogen) atoms. The summed E-state index contributed by atoms with van der Waals surface area (Å²) in [5, 5.41) is 0. The van der Waals surface area contributed by atoms with Crippen LogP contribution in [0.4, 0.5) is 43.9 Å². The lowest BCUT2D eigenvalue weighted by atomic mass is 10.4. The van der Waals surface area contributed by atoms with E-state index in [1.165, 1.54) is 0 Å². The Hall–Kier alpha value is -0.310. The van der Waals surface area contributed by atoms with Crippen molar-refractivity contribution in [3.05, 3.63) is 0 Å². The zero-order valence-electron chi connectivity index (χ0n) is 9.50. The van der Waals surface area contributed by atoms with Crippen LogP contribution in [0.5, 0.6) is 0 Å². The van der Waals surface area contributed by atoms with E-state index >= 15 is 0 Å². The van der Waals surface area contributed by atoms with Crippen LogP contribution in [0.1, 0.15) is 12.8 Å². The maximum absolute atomic E-state index is 13.2. The molecule has 0 amide bonds. The zero-order valence-corrected chi connectivity index (χ0v) is 10.4. The molecule has 0 saturated carbocycles. The summed E-state index contributed by atoms with van der Waals surface area (Å²) in [7, 11) is -5.11. The van der Waals surface area contributed by atoms with Gasteiger partial charge in [0, 0.05) is 13.1 Å². The Kier molecular flexibility index (Phi) is 4.57. The number of nitrogens with zero attached hydrogens (tertiary/aromatic N) is 1. The van der Waals surface area contributed by atoms with Crippen LogP contribution in [0.15, 0.2) is 0 Å². The minimum atomic E-state index is -6.48. The van der Waals surface area contributed by atoms with E-state index in [0.717, 1.165) is 0 Å². The summed E-state index contributed by atoms with van der Waals surface area (Å²) in [6.45, 7) is -1.30. The quantitative estimate of drug-likeness (QED) is 0.528. The van der Waals surface area contributed by atoms with Gasteiger partial charge in [0.2, 0.25) is 0 Å². The molecule has 1 rings (SSSR count). The number of hydrogen-bond acceptors (Lipinski definition) is 1. The highest BCUT2D eigenvalue weighted by atomic mass is 31.1. The van der Waals surface area contributed by atoms with Crippen LogP contribution in [-0.4, -0.2) is 41.4 Å². The predicted molar refractivity (Wildman–Crippen MR) is 49.7 cm³/mol. The van der Waals surface area contributed by atoms with Gasteiger partial charge in [0.15, 0.2) is 0 Å². The van der Waals surface area contributed by atoms with Gasteiger partial charge >= 0.3 is 23.7 Å². The smallest absolute Gasteiger partial charge is 0.272 e. The van der Waals surface area contributed by atoms with Crippen LogP contribution in [-0.2, 0) is 0 Å². The SMILES string of the molecule is FC(F)(F)C(F)(F)P(N1CCCC1)C(F)(F)C(F)(F)F. The Morgan fingerprint density at radius 2 is 0.900 bits per heavy atom. The Morgan fingerprint density at radius 1 is 0.600 bits per heavy atom. The Labute approximate surface area is 107 Å². The van der Waals surface area contributed by atoms with Crippen LogP contribution < -0.4 is 0 Å². The Morgan fingerprint density at radius 3 is 1.15 bits per heavy atom. The molecular weight excluding hydrogens is 331 g/mol. The highest BCUT2D eigenvalue weighted by molar-refractivity contribution is 7.57. The largest absolute Gasteiger partial charge is 0.459 e. The summed E-state index contributed by atoms with van der Waals surface area (Å²) in [5.41, 5.74) is -12.2. The maximum Gasteiger partial charge on any atom is 0.459 e. The first-order valence-electron chi connectivity index (χ1n) is 5.17. The van der Waals surface area contributed by atoms with Crippen molar-refractivity contribution in [2.45, 2.75) is 36.5 Å². The van der Waals surface area contributed by atoms with Crippen molar-refractivity contribution in [1.82, 2.24) is 4.67 Å². The predicted octanol–water partition coefficient (Wildman–Crippen LogP) is 4.79. The molecule has 1 fully saturated rings. The Balaban J connectivity index is 3.29. The van der Waals surface area contributed by atoms with Gasteiger partial charge in [-0.15, -0.1) is 0 Å². The second kappa shape index (κ2) is 5.15. The van der Waals surface area contributed by atoms with Gasteiger partial charge in [-0.2, -0.15) is 43.9 Å². The van der Waals surface area contributed by atoms with E-state index in [-0.39, 0.29) is 17.5 Å². The van der Waals surface area contributed by atoms with Crippen molar-refractivity contribution in [1.29, 1.82) is 0 Å². The van der Waals surface area contributed by atoms with Crippen molar-refractivity contribution >= 4 is 8.07 Å². The first kappa shape index (κ1) is 17.7. The molecule has 120 valence electrons. The van der Waals surface area contributed by atoms with E-state index in [4.69, 9.17) is 0 Å². The normalized spacial score (nSPS) is 19.9. The molecule has 0 aromatic carbocycles. The molecule has 1 nitrogen and oxygen atoms in total. The molecule has 1 heterocycles. The van der Waals surface area contributed by atoms with Crippen LogP contribution in [0.25, 0.3) is 0 Å². The molecule has 1 aliphatic heterocycles. The van der Waals surface area contributed by atoms with Crippen molar-refractivity contribution in [3.8, 4) is 0 Å². The van der Waals surface area contributed by atoms with Gasteiger partial charge in [0.25, 0.3) is 0 Å². The van der Waals surface area contributed by atoms with E-state index in [1.807, 2.05) is 0 Å². The monoisotopic (exact) mass is 339 g/mol.